The van der Waals surface area contributed by atoms with E-state index in [-0.39, 0.29) is 5.91 Å². The average Bonchev–Trinajstić information content (AvgIpc) is 3.07. The molecular weight excluding hydrogens is 294 g/mol. The van der Waals surface area contributed by atoms with Crippen molar-refractivity contribution in [2.24, 2.45) is 4.99 Å². The molecule has 4 nitrogen and oxygen atoms in total. The Labute approximate surface area is 114 Å². The van der Waals surface area contributed by atoms with Crippen LogP contribution in [0.3, 0.4) is 0 Å². The van der Waals surface area contributed by atoms with Crippen molar-refractivity contribution in [2.45, 2.75) is 31.3 Å². The SMILES string of the molecule is CC1(c2cccc(Br)c2)NC(=NC2CC2)NC1=O. The first-order chi connectivity index (χ1) is 8.58. The summed E-state index contributed by atoms with van der Waals surface area (Å²) in [5.41, 5.74) is 0.188. The molecule has 1 heterocycles. The molecule has 0 spiro atoms. The molecular formula is C13H14BrN3O. The number of rotatable bonds is 2. The molecule has 1 aromatic carbocycles. The zero-order valence-electron chi connectivity index (χ0n) is 10.0. The van der Waals surface area contributed by atoms with Gasteiger partial charge in [-0.25, -0.2) is 4.99 Å². The highest BCUT2D eigenvalue weighted by atomic mass is 79.9. The normalized spacial score (nSPS) is 29.2. The molecule has 2 fully saturated rings. The number of aliphatic imine (C=N–C) groups is 1. The van der Waals surface area contributed by atoms with E-state index in [4.69, 9.17) is 0 Å². The standard InChI is InChI=1S/C13H14BrN3O/c1-13(8-3-2-4-9(14)7-8)11(18)16-12(17-13)15-10-5-6-10/h2-4,7,10H,5-6H2,1H3,(H2,15,16,17,18). The van der Waals surface area contributed by atoms with Gasteiger partial charge in [0.25, 0.3) is 5.91 Å². The average molecular weight is 308 g/mol. The molecule has 5 heteroatoms. The molecule has 1 atom stereocenters. The fourth-order valence-corrected chi connectivity index (χ4v) is 2.41. The second kappa shape index (κ2) is 4.09. The first-order valence-corrected chi connectivity index (χ1v) is 6.81. The predicted molar refractivity (Wildman–Crippen MR) is 73.2 cm³/mol. The third-order valence-electron chi connectivity index (χ3n) is 3.31. The number of hydrogen-bond donors (Lipinski definition) is 2. The minimum atomic E-state index is -0.739. The van der Waals surface area contributed by atoms with E-state index in [0.29, 0.717) is 12.0 Å². The van der Waals surface area contributed by atoms with Crippen molar-refractivity contribution in [2.75, 3.05) is 0 Å². The van der Waals surface area contributed by atoms with Crippen molar-refractivity contribution in [3.63, 3.8) is 0 Å². The van der Waals surface area contributed by atoms with E-state index < -0.39 is 5.54 Å². The summed E-state index contributed by atoms with van der Waals surface area (Å²) in [5, 5.41) is 6.02. The Kier molecular flexibility index (Phi) is 2.66. The number of nitrogens with one attached hydrogen (secondary N) is 2. The van der Waals surface area contributed by atoms with Gasteiger partial charge in [0.05, 0.1) is 6.04 Å². The molecule has 2 N–H and O–H groups in total. The third kappa shape index (κ3) is 2.03. The van der Waals surface area contributed by atoms with Gasteiger partial charge in [0.2, 0.25) is 0 Å². The summed E-state index contributed by atoms with van der Waals surface area (Å²) in [7, 11) is 0. The van der Waals surface area contributed by atoms with E-state index in [1.165, 1.54) is 0 Å². The zero-order chi connectivity index (χ0) is 12.8. The van der Waals surface area contributed by atoms with E-state index in [2.05, 4.69) is 31.6 Å². The Balaban J connectivity index is 1.92. The number of carbonyl (C=O) groups excluding carboxylic acids is 1. The molecule has 1 saturated carbocycles. The van der Waals surface area contributed by atoms with Crippen molar-refractivity contribution >= 4 is 27.8 Å². The molecule has 0 radical (unpaired) electrons. The number of guanidine groups is 1. The maximum absolute atomic E-state index is 12.2. The minimum Gasteiger partial charge on any atom is -0.338 e. The molecule has 1 saturated heterocycles. The number of hydrogen-bond acceptors (Lipinski definition) is 2. The Hall–Kier alpha value is -1.36. The van der Waals surface area contributed by atoms with E-state index in [9.17, 15) is 4.79 Å². The van der Waals surface area contributed by atoms with Crippen molar-refractivity contribution < 1.29 is 4.79 Å². The smallest absolute Gasteiger partial charge is 0.256 e. The molecule has 94 valence electrons. The van der Waals surface area contributed by atoms with Gasteiger partial charge in [0.1, 0.15) is 5.54 Å². The van der Waals surface area contributed by atoms with E-state index in [1.807, 2.05) is 31.2 Å². The van der Waals surface area contributed by atoms with Gasteiger partial charge < -0.3 is 5.32 Å². The van der Waals surface area contributed by atoms with Crippen LogP contribution in [0.1, 0.15) is 25.3 Å². The van der Waals surface area contributed by atoms with Crippen LogP contribution in [-0.4, -0.2) is 17.9 Å². The van der Waals surface area contributed by atoms with Crippen LogP contribution in [0.25, 0.3) is 0 Å². The third-order valence-corrected chi connectivity index (χ3v) is 3.81. The number of carbonyl (C=O) groups is 1. The van der Waals surface area contributed by atoms with Gasteiger partial charge in [-0.15, -0.1) is 0 Å². The summed E-state index contributed by atoms with van der Waals surface area (Å²) in [6.07, 6.45) is 2.24. The van der Waals surface area contributed by atoms with Crippen LogP contribution in [0.2, 0.25) is 0 Å². The van der Waals surface area contributed by atoms with Gasteiger partial charge in [-0.05, 0) is 37.5 Å². The van der Waals surface area contributed by atoms with Gasteiger partial charge in [-0.3, -0.25) is 10.1 Å². The largest absolute Gasteiger partial charge is 0.338 e. The summed E-state index contributed by atoms with van der Waals surface area (Å²) < 4.78 is 0.961. The van der Waals surface area contributed by atoms with Crippen LogP contribution in [0.4, 0.5) is 0 Å². The zero-order valence-corrected chi connectivity index (χ0v) is 11.6. The summed E-state index contributed by atoms with van der Waals surface area (Å²) in [6, 6.07) is 8.15. The van der Waals surface area contributed by atoms with E-state index in [0.717, 1.165) is 22.9 Å². The van der Waals surface area contributed by atoms with Crippen LogP contribution in [0.5, 0.6) is 0 Å². The number of benzene rings is 1. The van der Waals surface area contributed by atoms with Crippen LogP contribution in [0, 0.1) is 0 Å². The molecule has 1 unspecified atom stereocenters. The maximum atomic E-state index is 12.2. The summed E-state index contributed by atoms with van der Waals surface area (Å²) >= 11 is 3.43. The minimum absolute atomic E-state index is 0.0556. The molecule has 1 aliphatic heterocycles. The summed E-state index contributed by atoms with van der Waals surface area (Å²) in [6.45, 7) is 1.87. The quantitative estimate of drug-likeness (QED) is 0.877. The Morgan fingerprint density at radius 2 is 2.22 bits per heavy atom. The van der Waals surface area contributed by atoms with Crippen molar-refractivity contribution in [1.82, 2.24) is 10.6 Å². The van der Waals surface area contributed by atoms with Gasteiger partial charge in [0.15, 0.2) is 5.96 Å². The lowest BCUT2D eigenvalue weighted by molar-refractivity contribution is -0.123. The Morgan fingerprint density at radius 1 is 1.44 bits per heavy atom. The van der Waals surface area contributed by atoms with E-state index >= 15 is 0 Å². The number of amides is 1. The van der Waals surface area contributed by atoms with Crippen LogP contribution in [-0.2, 0) is 10.3 Å². The predicted octanol–water partition coefficient (Wildman–Crippen LogP) is 1.90. The monoisotopic (exact) mass is 307 g/mol. The molecule has 0 aromatic heterocycles. The lowest BCUT2D eigenvalue weighted by atomic mass is 9.92. The van der Waals surface area contributed by atoms with Crippen LogP contribution >= 0.6 is 15.9 Å². The highest BCUT2D eigenvalue weighted by Crippen LogP contribution is 2.28. The Morgan fingerprint density at radius 3 is 2.89 bits per heavy atom. The summed E-state index contributed by atoms with van der Waals surface area (Å²) in [4.78, 5) is 16.6. The van der Waals surface area contributed by atoms with Crippen LogP contribution < -0.4 is 10.6 Å². The highest BCUT2D eigenvalue weighted by molar-refractivity contribution is 9.10. The van der Waals surface area contributed by atoms with Gasteiger partial charge in [0, 0.05) is 4.47 Å². The highest BCUT2D eigenvalue weighted by Gasteiger charge is 2.43. The maximum Gasteiger partial charge on any atom is 0.256 e. The lowest BCUT2D eigenvalue weighted by Gasteiger charge is -2.21. The Bertz CT molecular complexity index is 539. The molecule has 1 aliphatic carbocycles. The molecule has 0 bridgehead atoms. The topological polar surface area (TPSA) is 53.5 Å². The number of nitrogens with zero attached hydrogens (tertiary/aromatic N) is 1. The van der Waals surface area contributed by atoms with Gasteiger partial charge in [-0.1, -0.05) is 28.1 Å². The molecule has 1 amide bonds. The van der Waals surface area contributed by atoms with Crippen LogP contribution in [0.15, 0.2) is 33.7 Å². The van der Waals surface area contributed by atoms with Crippen molar-refractivity contribution in [3.8, 4) is 0 Å². The second-order valence-electron chi connectivity index (χ2n) is 4.92. The molecule has 18 heavy (non-hydrogen) atoms. The fourth-order valence-electron chi connectivity index (χ4n) is 2.01. The first-order valence-electron chi connectivity index (χ1n) is 6.01. The van der Waals surface area contributed by atoms with Crippen molar-refractivity contribution in [1.29, 1.82) is 0 Å². The van der Waals surface area contributed by atoms with Crippen molar-refractivity contribution in [3.05, 3.63) is 34.3 Å². The second-order valence-corrected chi connectivity index (χ2v) is 5.84. The molecule has 1 aromatic rings. The first kappa shape index (κ1) is 11.7. The summed E-state index contributed by atoms with van der Waals surface area (Å²) in [5.74, 6) is 0.546. The molecule has 2 aliphatic rings. The molecule has 3 rings (SSSR count). The van der Waals surface area contributed by atoms with Gasteiger partial charge in [-0.2, -0.15) is 0 Å². The van der Waals surface area contributed by atoms with E-state index in [1.54, 1.807) is 0 Å². The number of halogens is 1. The fraction of sp³-hybridized carbons (Fsp3) is 0.385. The van der Waals surface area contributed by atoms with Gasteiger partial charge >= 0.3 is 0 Å². The lowest BCUT2D eigenvalue weighted by Crippen LogP contribution is -2.40.